The van der Waals surface area contributed by atoms with E-state index in [0.717, 1.165) is 30.3 Å². The van der Waals surface area contributed by atoms with Gasteiger partial charge in [-0.1, -0.05) is 24.3 Å². The van der Waals surface area contributed by atoms with Crippen molar-refractivity contribution in [1.29, 1.82) is 0 Å². The van der Waals surface area contributed by atoms with E-state index in [4.69, 9.17) is 14.9 Å². The SMILES string of the molecule is NC(=O)c1c(F)ccc(OCCC(C(=O)O)(c2nc(-c3ccc(C(F)(F)F)cc3)c(Br)o2)N2C(=O)c3ccccc3C2=O)c1F. The molecule has 3 N–H and O–H groups in total. The van der Waals surface area contributed by atoms with Crippen molar-refractivity contribution in [2.24, 2.45) is 5.73 Å². The van der Waals surface area contributed by atoms with Gasteiger partial charge in [0, 0.05) is 12.0 Å². The van der Waals surface area contributed by atoms with E-state index in [2.05, 4.69) is 20.9 Å². The van der Waals surface area contributed by atoms with Gasteiger partial charge in [-0.25, -0.2) is 23.5 Å². The molecule has 3 aromatic carbocycles. The smallest absolute Gasteiger partial charge is 0.416 e. The van der Waals surface area contributed by atoms with Crippen molar-refractivity contribution in [3.8, 4) is 17.0 Å². The van der Waals surface area contributed by atoms with Crippen LogP contribution < -0.4 is 10.5 Å². The van der Waals surface area contributed by atoms with E-state index in [-0.39, 0.29) is 27.1 Å². The van der Waals surface area contributed by atoms with Crippen molar-refractivity contribution in [2.45, 2.75) is 18.1 Å². The maximum atomic E-state index is 14.8. The van der Waals surface area contributed by atoms with Crippen LogP contribution in [0.1, 0.15) is 48.9 Å². The zero-order valence-electron chi connectivity index (χ0n) is 22.3. The quantitative estimate of drug-likeness (QED) is 0.171. The van der Waals surface area contributed by atoms with Crippen LogP contribution in [0.5, 0.6) is 5.75 Å². The third-order valence-corrected chi connectivity index (χ3v) is 7.52. The van der Waals surface area contributed by atoms with Crippen LogP contribution in [0.4, 0.5) is 22.0 Å². The number of primary amides is 1. The van der Waals surface area contributed by atoms with Gasteiger partial charge in [-0.15, -0.1) is 0 Å². The number of imide groups is 1. The number of amides is 3. The summed E-state index contributed by atoms with van der Waals surface area (Å²) in [6.45, 7) is -0.782. The number of hydrogen-bond acceptors (Lipinski definition) is 7. The van der Waals surface area contributed by atoms with Gasteiger partial charge in [0.25, 0.3) is 17.7 Å². The number of aromatic nitrogens is 1. The van der Waals surface area contributed by atoms with Crippen LogP contribution in [0.15, 0.2) is 69.8 Å². The monoisotopic (exact) mass is 693 g/mol. The van der Waals surface area contributed by atoms with E-state index in [9.17, 15) is 46.2 Å². The number of carboxylic acids is 1. The van der Waals surface area contributed by atoms with Crippen LogP contribution >= 0.6 is 15.9 Å². The average molecular weight is 694 g/mol. The fourth-order valence-corrected chi connectivity index (χ4v) is 5.27. The third-order valence-electron chi connectivity index (χ3n) is 6.98. The number of nitrogens with zero attached hydrogens (tertiary/aromatic N) is 2. The highest BCUT2D eigenvalue weighted by atomic mass is 79.9. The molecule has 0 fully saturated rings. The predicted molar refractivity (Wildman–Crippen MR) is 146 cm³/mol. The second kappa shape index (κ2) is 11.4. The number of benzene rings is 3. The summed E-state index contributed by atoms with van der Waals surface area (Å²) >= 11 is 3.07. The number of hydrogen-bond donors (Lipinski definition) is 2. The highest BCUT2D eigenvalue weighted by Crippen LogP contribution is 2.42. The first-order chi connectivity index (χ1) is 21.2. The van der Waals surface area contributed by atoms with Crippen molar-refractivity contribution < 1.29 is 55.4 Å². The Balaban J connectivity index is 1.60. The number of carboxylic acid groups (broad SMARTS) is 1. The molecule has 232 valence electrons. The van der Waals surface area contributed by atoms with Gasteiger partial charge >= 0.3 is 12.1 Å². The van der Waals surface area contributed by atoms with Crippen LogP contribution in [0.2, 0.25) is 0 Å². The molecule has 45 heavy (non-hydrogen) atoms. The molecule has 2 heterocycles. The molecule has 0 saturated heterocycles. The van der Waals surface area contributed by atoms with Gasteiger partial charge in [0.15, 0.2) is 16.2 Å². The Labute approximate surface area is 257 Å². The molecule has 5 rings (SSSR count). The molecule has 16 heteroatoms. The first-order valence-electron chi connectivity index (χ1n) is 12.6. The number of rotatable bonds is 9. The van der Waals surface area contributed by atoms with Crippen LogP contribution in [0, 0.1) is 11.6 Å². The predicted octanol–water partition coefficient (Wildman–Crippen LogP) is 5.55. The van der Waals surface area contributed by atoms with E-state index < -0.39 is 82.8 Å². The molecular weight excluding hydrogens is 677 g/mol. The first kappa shape index (κ1) is 31.3. The van der Waals surface area contributed by atoms with Crippen molar-refractivity contribution in [2.75, 3.05) is 6.61 Å². The van der Waals surface area contributed by atoms with E-state index in [1.54, 1.807) is 0 Å². The normalized spacial score (nSPS) is 14.3. The molecule has 1 atom stereocenters. The molecular formula is C29H17BrF5N3O7. The lowest BCUT2D eigenvalue weighted by Gasteiger charge is -2.33. The summed E-state index contributed by atoms with van der Waals surface area (Å²) in [7, 11) is 0. The first-order valence-corrected chi connectivity index (χ1v) is 13.4. The summed E-state index contributed by atoms with van der Waals surface area (Å²) < 4.78 is 78.8. The third kappa shape index (κ3) is 5.30. The highest BCUT2D eigenvalue weighted by molar-refractivity contribution is 9.10. The molecule has 0 radical (unpaired) electrons. The van der Waals surface area contributed by atoms with E-state index in [0.29, 0.717) is 11.0 Å². The largest absolute Gasteiger partial charge is 0.490 e. The number of oxazole rings is 1. The number of alkyl halides is 3. The summed E-state index contributed by atoms with van der Waals surface area (Å²) in [5.74, 6) is -9.60. The number of ether oxygens (including phenoxy) is 1. The fourth-order valence-electron chi connectivity index (χ4n) is 4.80. The number of nitrogens with two attached hydrogens (primary N) is 1. The van der Waals surface area contributed by atoms with E-state index >= 15 is 0 Å². The topological polar surface area (TPSA) is 153 Å². The highest BCUT2D eigenvalue weighted by Gasteiger charge is 2.58. The van der Waals surface area contributed by atoms with Crippen molar-refractivity contribution in [3.05, 3.63) is 105 Å². The standard InChI is InChI=1S/C29H17BrF5N3O7/c30-22-21(13-5-7-14(8-6-13)29(33,34)35)37-26(45-22)28(27(42)43,38-24(40)15-3-1-2-4-16(15)25(38)41)11-12-44-18-10-9-17(31)19(20(18)32)23(36)39/h1-10H,11-12H2,(H2,36,39)(H,42,43). The Kier molecular flexibility index (Phi) is 7.95. The van der Waals surface area contributed by atoms with Crippen molar-refractivity contribution >= 4 is 39.6 Å². The minimum atomic E-state index is -4.64. The Hall–Kier alpha value is -5.12. The molecule has 0 aliphatic carbocycles. The molecule has 10 nitrogen and oxygen atoms in total. The van der Waals surface area contributed by atoms with Gasteiger partial charge in [0.05, 0.1) is 23.3 Å². The average Bonchev–Trinajstić information content (AvgIpc) is 3.49. The minimum Gasteiger partial charge on any atom is -0.490 e. The van der Waals surface area contributed by atoms with Gasteiger partial charge < -0.3 is 20.0 Å². The number of aliphatic carboxylic acids is 1. The number of carbonyl (C=O) groups excluding carboxylic acids is 3. The summed E-state index contributed by atoms with van der Waals surface area (Å²) in [6, 6.07) is 10.6. The molecule has 1 unspecified atom stereocenters. The van der Waals surface area contributed by atoms with Crippen molar-refractivity contribution in [3.63, 3.8) is 0 Å². The van der Waals surface area contributed by atoms with Crippen LogP contribution in [-0.4, -0.2) is 45.3 Å². The van der Waals surface area contributed by atoms with Gasteiger partial charge in [-0.2, -0.15) is 13.2 Å². The Morgan fingerprint density at radius 1 is 0.978 bits per heavy atom. The minimum absolute atomic E-state index is 0.0511. The number of carbonyl (C=O) groups is 4. The number of fused-ring (bicyclic) bond motifs is 1. The van der Waals surface area contributed by atoms with Crippen LogP contribution in [0.3, 0.4) is 0 Å². The zero-order chi connectivity index (χ0) is 32.8. The molecule has 0 saturated carbocycles. The second-order valence-corrected chi connectivity index (χ2v) is 10.3. The Bertz CT molecular complexity index is 1840. The molecule has 0 bridgehead atoms. The molecule has 1 aromatic heterocycles. The summed E-state index contributed by atoms with van der Waals surface area (Å²) in [4.78, 5) is 56.3. The maximum absolute atomic E-state index is 14.8. The van der Waals surface area contributed by atoms with Crippen LogP contribution in [0.25, 0.3) is 11.3 Å². The molecule has 1 aliphatic rings. The summed E-state index contributed by atoms with van der Waals surface area (Å²) in [5.41, 5.74) is -0.228. The van der Waals surface area contributed by atoms with Gasteiger partial charge in [-0.3, -0.25) is 14.4 Å². The molecule has 0 spiro atoms. The zero-order valence-corrected chi connectivity index (χ0v) is 23.9. The Morgan fingerprint density at radius 3 is 2.11 bits per heavy atom. The lowest BCUT2D eigenvalue weighted by molar-refractivity contribution is -0.151. The van der Waals surface area contributed by atoms with E-state index in [1.807, 2.05) is 0 Å². The van der Waals surface area contributed by atoms with Gasteiger partial charge in [-0.05, 0) is 52.3 Å². The number of halogens is 6. The maximum Gasteiger partial charge on any atom is 0.416 e. The fraction of sp³-hybridized carbons (Fsp3) is 0.138. The molecule has 1 aliphatic heterocycles. The van der Waals surface area contributed by atoms with Crippen LogP contribution in [-0.2, 0) is 16.5 Å². The molecule has 3 amide bonds. The lowest BCUT2D eigenvalue weighted by Crippen LogP contribution is -2.55. The lowest BCUT2D eigenvalue weighted by atomic mass is 9.92. The molecule has 4 aromatic rings. The van der Waals surface area contributed by atoms with Gasteiger partial charge in [0.2, 0.25) is 11.4 Å². The summed E-state index contributed by atoms with van der Waals surface area (Å²) in [5, 5.41) is 10.6. The van der Waals surface area contributed by atoms with Gasteiger partial charge in [0.1, 0.15) is 17.1 Å². The summed E-state index contributed by atoms with van der Waals surface area (Å²) in [6.07, 6.45) is -5.48. The van der Waals surface area contributed by atoms with Crippen molar-refractivity contribution in [1.82, 2.24) is 9.88 Å². The Morgan fingerprint density at radius 2 is 1.58 bits per heavy atom. The van der Waals surface area contributed by atoms with E-state index in [1.165, 1.54) is 24.3 Å². The second-order valence-electron chi connectivity index (χ2n) is 9.57.